The van der Waals surface area contributed by atoms with E-state index in [1.807, 2.05) is 41.4 Å². The number of benzene rings is 2. The Hall–Kier alpha value is -3.14. The van der Waals surface area contributed by atoms with Crippen LogP contribution in [-0.4, -0.2) is 23.5 Å². The Kier molecular flexibility index (Phi) is 5.11. The minimum atomic E-state index is 0.0164. The van der Waals surface area contributed by atoms with E-state index in [1.165, 1.54) is 11.1 Å². The van der Waals surface area contributed by atoms with Crippen molar-refractivity contribution in [2.75, 3.05) is 16.3 Å². The zero-order valence-corrected chi connectivity index (χ0v) is 16.4. The van der Waals surface area contributed by atoms with Gasteiger partial charge in [-0.1, -0.05) is 48.5 Å². The molecule has 3 aromatic rings. The number of aromatic nitrogens is 1. The summed E-state index contributed by atoms with van der Waals surface area (Å²) < 4.78 is 0. The summed E-state index contributed by atoms with van der Waals surface area (Å²) in [5, 5.41) is 0. The van der Waals surface area contributed by atoms with Gasteiger partial charge in [-0.15, -0.1) is 0 Å². The lowest BCUT2D eigenvalue weighted by Gasteiger charge is -2.29. The van der Waals surface area contributed by atoms with Crippen LogP contribution in [0.25, 0.3) is 0 Å². The van der Waals surface area contributed by atoms with E-state index in [0.717, 1.165) is 30.9 Å². The van der Waals surface area contributed by atoms with E-state index < -0.39 is 0 Å². The summed E-state index contributed by atoms with van der Waals surface area (Å²) in [4.78, 5) is 21.7. The molecular formula is C24H25N3O. The molecule has 0 radical (unpaired) electrons. The summed E-state index contributed by atoms with van der Waals surface area (Å²) in [6.07, 6.45) is 4.42. The van der Waals surface area contributed by atoms with Gasteiger partial charge < -0.3 is 9.80 Å². The minimum absolute atomic E-state index is 0.0164. The van der Waals surface area contributed by atoms with E-state index in [4.69, 9.17) is 0 Å². The fraction of sp³-hybridized carbons (Fsp3) is 0.250. The summed E-state index contributed by atoms with van der Waals surface area (Å²) in [6.45, 7) is 5.83. The first-order chi connectivity index (χ1) is 13.6. The van der Waals surface area contributed by atoms with Gasteiger partial charge in [0.15, 0.2) is 0 Å². The Balaban J connectivity index is 1.61. The molecule has 4 rings (SSSR count). The maximum atomic E-state index is 13.2. The Bertz CT molecular complexity index is 968. The number of para-hydroxylation sites is 1. The Labute approximate surface area is 166 Å². The molecule has 0 atom stereocenters. The van der Waals surface area contributed by atoms with Crippen molar-refractivity contribution >= 4 is 17.3 Å². The van der Waals surface area contributed by atoms with Crippen LogP contribution >= 0.6 is 0 Å². The van der Waals surface area contributed by atoms with E-state index >= 15 is 0 Å². The lowest BCUT2D eigenvalue weighted by molar-refractivity contribution is 0.0989. The quantitative estimate of drug-likeness (QED) is 0.652. The highest BCUT2D eigenvalue weighted by atomic mass is 16.2. The normalized spacial score (nSPS) is 12.9. The molecule has 1 aromatic heterocycles. The molecule has 0 unspecified atom stereocenters. The molecule has 0 fully saturated rings. The molecule has 0 saturated carbocycles. The molecule has 0 bridgehead atoms. The molecule has 2 aromatic carbocycles. The highest BCUT2D eigenvalue weighted by Crippen LogP contribution is 2.29. The number of hydrogen-bond acceptors (Lipinski definition) is 3. The van der Waals surface area contributed by atoms with Gasteiger partial charge in [0.1, 0.15) is 0 Å². The Morgan fingerprint density at radius 2 is 1.82 bits per heavy atom. The number of anilines is 2. The summed E-state index contributed by atoms with van der Waals surface area (Å²) >= 11 is 0. The van der Waals surface area contributed by atoms with Crippen LogP contribution < -0.4 is 9.80 Å². The number of hydrogen-bond donors (Lipinski definition) is 0. The monoisotopic (exact) mass is 371 g/mol. The predicted molar refractivity (Wildman–Crippen MR) is 114 cm³/mol. The summed E-state index contributed by atoms with van der Waals surface area (Å²) in [5.74, 6) is 0.0164. The van der Waals surface area contributed by atoms with Crippen LogP contribution in [0.5, 0.6) is 0 Å². The van der Waals surface area contributed by atoms with Crippen LogP contribution in [0, 0.1) is 0 Å². The standard InChI is InChI=1S/C24H25N3O/c1-18(2)27(17-19-8-4-3-5-9-19)22-14-21(15-25-16-22)24(28)26-13-12-20-10-6-7-11-23(20)26/h3-11,14-16,18H,12-13,17H2,1-2H3. The lowest BCUT2D eigenvalue weighted by Crippen LogP contribution is -2.32. The van der Waals surface area contributed by atoms with Gasteiger partial charge in [-0.05, 0) is 43.5 Å². The van der Waals surface area contributed by atoms with Crippen LogP contribution in [0.1, 0.15) is 35.3 Å². The van der Waals surface area contributed by atoms with Crippen LogP contribution in [0.4, 0.5) is 11.4 Å². The number of carbonyl (C=O) groups excluding carboxylic acids is 1. The first kappa shape index (κ1) is 18.2. The smallest absolute Gasteiger partial charge is 0.259 e. The van der Waals surface area contributed by atoms with Gasteiger partial charge in [0.05, 0.1) is 17.4 Å². The third kappa shape index (κ3) is 3.63. The lowest BCUT2D eigenvalue weighted by atomic mass is 10.1. The topological polar surface area (TPSA) is 36.4 Å². The highest BCUT2D eigenvalue weighted by Gasteiger charge is 2.26. The summed E-state index contributed by atoms with van der Waals surface area (Å²) in [7, 11) is 0. The van der Waals surface area contributed by atoms with Gasteiger partial charge in [0.2, 0.25) is 0 Å². The van der Waals surface area contributed by atoms with Crippen molar-refractivity contribution < 1.29 is 4.79 Å². The van der Waals surface area contributed by atoms with Crippen molar-refractivity contribution in [3.63, 3.8) is 0 Å². The fourth-order valence-corrected chi connectivity index (χ4v) is 3.76. The molecular weight excluding hydrogens is 346 g/mol. The maximum absolute atomic E-state index is 13.2. The molecule has 0 saturated heterocycles. The minimum Gasteiger partial charge on any atom is -0.364 e. The van der Waals surface area contributed by atoms with Crippen LogP contribution in [0.2, 0.25) is 0 Å². The molecule has 1 amide bonds. The zero-order valence-electron chi connectivity index (χ0n) is 16.4. The number of fused-ring (bicyclic) bond motifs is 1. The average molecular weight is 371 g/mol. The third-order valence-electron chi connectivity index (χ3n) is 5.25. The van der Waals surface area contributed by atoms with Crippen molar-refractivity contribution in [3.05, 3.63) is 89.7 Å². The largest absolute Gasteiger partial charge is 0.364 e. The molecule has 1 aliphatic rings. The van der Waals surface area contributed by atoms with Crippen molar-refractivity contribution in [1.29, 1.82) is 0 Å². The maximum Gasteiger partial charge on any atom is 0.259 e. The highest BCUT2D eigenvalue weighted by molar-refractivity contribution is 6.07. The Morgan fingerprint density at radius 3 is 2.61 bits per heavy atom. The summed E-state index contributed by atoms with van der Waals surface area (Å²) in [5.41, 5.74) is 5.09. The molecule has 0 spiro atoms. The first-order valence-corrected chi connectivity index (χ1v) is 9.79. The average Bonchev–Trinajstić information content (AvgIpc) is 3.16. The predicted octanol–water partition coefficient (Wildman–Crippen LogP) is 4.70. The van der Waals surface area contributed by atoms with Crippen molar-refractivity contribution in [1.82, 2.24) is 4.98 Å². The van der Waals surface area contributed by atoms with E-state index in [1.54, 1.807) is 6.20 Å². The van der Waals surface area contributed by atoms with Gasteiger partial charge in [-0.2, -0.15) is 0 Å². The fourth-order valence-electron chi connectivity index (χ4n) is 3.76. The Morgan fingerprint density at radius 1 is 1.07 bits per heavy atom. The summed E-state index contributed by atoms with van der Waals surface area (Å²) in [6, 6.07) is 20.8. The van der Waals surface area contributed by atoms with Gasteiger partial charge in [0, 0.05) is 31.0 Å². The molecule has 0 N–H and O–H groups in total. The zero-order chi connectivity index (χ0) is 19.5. The van der Waals surface area contributed by atoms with Crippen molar-refractivity contribution in [2.24, 2.45) is 0 Å². The second-order valence-electron chi connectivity index (χ2n) is 7.47. The molecule has 4 nitrogen and oxygen atoms in total. The number of pyridine rings is 1. The van der Waals surface area contributed by atoms with E-state index in [9.17, 15) is 4.79 Å². The molecule has 142 valence electrons. The van der Waals surface area contributed by atoms with Crippen LogP contribution in [-0.2, 0) is 13.0 Å². The van der Waals surface area contributed by atoms with E-state index in [0.29, 0.717) is 11.6 Å². The molecule has 0 aliphatic carbocycles. The first-order valence-electron chi connectivity index (χ1n) is 9.79. The molecule has 28 heavy (non-hydrogen) atoms. The third-order valence-corrected chi connectivity index (χ3v) is 5.25. The van der Waals surface area contributed by atoms with E-state index in [-0.39, 0.29) is 5.91 Å². The van der Waals surface area contributed by atoms with E-state index in [2.05, 4.69) is 54.1 Å². The molecule has 1 aliphatic heterocycles. The second kappa shape index (κ2) is 7.85. The molecule has 4 heteroatoms. The SMILES string of the molecule is CC(C)N(Cc1ccccc1)c1cncc(C(=O)N2CCc3ccccc32)c1. The number of carbonyl (C=O) groups is 1. The van der Waals surface area contributed by atoms with Gasteiger partial charge in [-0.3, -0.25) is 9.78 Å². The van der Waals surface area contributed by atoms with Crippen LogP contribution in [0.3, 0.4) is 0 Å². The van der Waals surface area contributed by atoms with Gasteiger partial charge in [-0.25, -0.2) is 0 Å². The molecule has 2 heterocycles. The van der Waals surface area contributed by atoms with Crippen molar-refractivity contribution in [3.8, 4) is 0 Å². The van der Waals surface area contributed by atoms with Gasteiger partial charge in [0.25, 0.3) is 5.91 Å². The number of amides is 1. The number of nitrogens with zero attached hydrogens (tertiary/aromatic N) is 3. The van der Waals surface area contributed by atoms with Crippen molar-refractivity contribution in [2.45, 2.75) is 32.9 Å². The second-order valence-corrected chi connectivity index (χ2v) is 7.47. The van der Waals surface area contributed by atoms with Crippen LogP contribution in [0.15, 0.2) is 73.1 Å². The number of rotatable bonds is 5. The van der Waals surface area contributed by atoms with Gasteiger partial charge >= 0.3 is 0 Å².